The van der Waals surface area contributed by atoms with Gasteiger partial charge in [0.25, 0.3) is 0 Å². The summed E-state index contributed by atoms with van der Waals surface area (Å²) in [4.78, 5) is 33.4. The molecule has 8 heteroatoms. The van der Waals surface area contributed by atoms with E-state index in [1.165, 1.54) is 5.56 Å². The van der Waals surface area contributed by atoms with Gasteiger partial charge >= 0.3 is 12.1 Å². The van der Waals surface area contributed by atoms with Gasteiger partial charge in [-0.15, -0.1) is 0 Å². The van der Waals surface area contributed by atoms with Gasteiger partial charge < -0.3 is 19.9 Å². The van der Waals surface area contributed by atoms with Gasteiger partial charge in [0, 0.05) is 44.1 Å². The SMILES string of the molecule is CC(C)(C)OC(=O)Nc1ccc2c(c1)CN(C(=O)NC1CCN(c3ccccn3)C1)CC2. The normalized spacial score (nSPS) is 18.2. The molecule has 3 amide bonds. The fourth-order valence-electron chi connectivity index (χ4n) is 4.12. The van der Waals surface area contributed by atoms with E-state index in [-0.39, 0.29) is 12.1 Å². The van der Waals surface area contributed by atoms with E-state index in [0.29, 0.717) is 18.8 Å². The number of urea groups is 1. The second kappa shape index (κ2) is 9.06. The van der Waals surface area contributed by atoms with Crippen LogP contribution in [0.3, 0.4) is 0 Å². The number of fused-ring (bicyclic) bond motifs is 1. The number of ether oxygens (including phenoxy) is 1. The lowest BCUT2D eigenvalue weighted by molar-refractivity contribution is 0.0636. The zero-order chi connectivity index (χ0) is 22.7. The Hall–Kier alpha value is -3.29. The number of nitrogens with one attached hydrogen (secondary N) is 2. The third-order valence-electron chi connectivity index (χ3n) is 5.64. The molecule has 2 aliphatic rings. The van der Waals surface area contributed by atoms with Gasteiger partial charge in [0.05, 0.1) is 0 Å². The maximum absolute atomic E-state index is 12.9. The van der Waals surface area contributed by atoms with Gasteiger partial charge in [-0.3, -0.25) is 5.32 Å². The maximum atomic E-state index is 12.9. The molecule has 32 heavy (non-hydrogen) atoms. The molecule has 0 aliphatic carbocycles. The van der Waals surface area contributed by atoms with Crippen LogP contribution < -0.4 is 15.5 Å². The lowest BCUT2D eigenvalue weighted by Gasteiger charge is -2.30. The van der Waals surface area contributed by atoms with Crippen LogP contribution in [0.1, 0.15) is 38.3 Å². The van der Waals surface area contributed by atoms with E-state index in [4.69, 9.17) is 4.74 Å². The molecule has 4 rings (SSSR count). The number of hydrogen-bond donors (Lipinski definition) is 2. The van der Waals surface area contributed by atoms with Crippen LogP contribution >= 0.6 is 0 Å². The van der Waals surface area contributed by atoms with E-state index >= 15 is 0 Å². The number of carbonyl (C=O) groups excluding carboxylic acids is 2. The predicted molar refractivity (Wildman–Crippen MR) is 124 cm³/mol. The second-order valence-electron chi connectivity index (χ2n) is 9.35. The topological polar surface area (TPSA) is 86.8 Å². The van der Waals surface area contributed by atoms with Crippen molar-refractivity contribution in [1.82, 2.24) is 15.2 Å². The summed E-state index contributed by atoms with van der Waals surface area (Å²) in [6.45, 7) is 8.32. The molecule has 1 aromatic heterocycles. The Balaban J connectivity index is 1.33. The summed E-state index contributed by atoms with van der Waals surface area (Å²) >= 11 is 0. The molecular formula is C24H31N5O3. The van der Waals surface area contributed by atoms with E-state index in [1.54, 1.807) is 6.20 Å². The molecule has 1 atom stereocenters. The number of rotatable bonds is 3. The first-order valence-corrected chi connectivity index (χ1v) is 11.1. The van der Waals surface area contributed by atoms with Gasteiger partial charge in [0.15, 0.2) is 0 Å². The third-order valence-corrected chi connectivity index (χ3v) is 5.64. The summed E-state index contributed by atoms with van der Waals surface area (Å²) < 4.78 is 5.33. The Morgan fingerprint density at radius 3 is 2.72 bits per heavy atom. The van der Waals surface area contributed by atoms with Crippen LogP contribution in [0.4, 0.5) is 21.1 Å². The van der Waals surface area contributed by atoms with Crippen LogP contribution in [-0.2, 0) is 17.7 Å². The van der Waals surface area contributed by atoms with Crippen molar-refractivity contribution >= 4 is 23.6 Å². The van der Waals surface area contributed by atoms with Crippen LogP contribution in [0, 0.1) is 0 Å². The smallest absolute Gasteiger partial charge is 0.412 e. The number of nitrogens with zero attached hydrogens (tertiary/aromatic N) is 3. The van der Waals surface area contributed by atoms with Gasteiger partial charge in [0.1, 0.15) is 11.4 Å². The number of aromatic nitrogens is 1. The molecule has 1 saturated heterocycles. The second-order valence-corrected chi connectivity index (χ2v) is 9.35. The highest BCUT2D eigenvalue weighted by Crippen LogP contribution is 2.24. The van der Waals surface area contributed by atoms with Crippen LogP contribution in [0.5, 0.6) is 0 Å². The fraction of sp³-hybridized carbons (Fsp3) is 0.458. The van der Waals surface area contributed by atoms with Crippen molar-refractivity contribution in [3.8, 4) is 0 Å². The van der Waals surface area contributed by atoms with Crippen LogP contribution in [0.25, 0.3) is 0 Å². The fourth-order valence-corrected chi connectivity index (χ4v) is 4.12. The van der Waals surface area contributed by atoms with Gasteiger partial charge in [-0.1, -0.05) is 12.1 Å². The summed E-state index contributed by atoms with van der Waals surface area (Å²) in [5, 5.41) is 5.96. The van der Waals surface area contributed by atoms with Gasteiger partial charge in [-0.25, -0.2) is 14.6 Å². The van der Waals surface area contributed by atoms with E-state index in [2.05, 4.69) is 20.5 Å². The Labute approximate surface area is 188 Å². The minimum absolute atomic E-state index is 0.0472. The van der Waals surface area contributed by atoms with Gasteiger partial charge in [-0.2, -0.15) is 0 Å². The summed E-state index contributed by atoms with van der Waals surface area (Å²) in [5.74, 6) is 0.946. The molecule has 2 N–H and O–H groups in total. The molecule has 1 fully saturated rings. The summed E-state index contributed by atoms with van der Waals surface area (Å²) in [7, 11) is 0. The first-order chi connectivity index (χ1) is 15.3. The molecule has 8 nitrogen and oxygen atoms in total. The summed E-state index contributed by atoms with van der Waals surface area (Å²) in [6, 6.07) is 11.8. The number of carbonyl (C=O) groups is 2. The first-order valence-electron chi connectivity index (χ1n) is 11.1. The molecule has 0 saturated carbocycles. The van der Waals surface area contributed by atoms with Crippen LogP contribution in [0.15, 0.2) is 42.6 Å². The Bertz CT molecular complexity index is 973. The van der Waals surface area contributed by atoms with E-state index in [9.17, 15) is 9.59 Å². The van der Waals surface area contributed by atoms with Crippen molar-refractivity contribution in [3.63, 3.8) is 0 Å². The lowest BCUT2D eigenvalue weighted by atomic mass is 9.99. The van der Waals surface area contributed by atoms with Crippen molar-refractivity contribution < 1.29 is 14.3 Å². The quantitative estimate of drug-likeness (QED) is 0.763. The molecule has 1 aromatic carbocycles. The average Bonchev–Trinajstić information content (AvgIpc) is 3.21. The van der Waals surface area contributed by atoms with E-state index in [0.717, 1.165) is 37.3 Å². The molecule has 2 aromatic rings. The van der Waals surface area contributed by atoms with Crippen molar-refractivity contribution in [2.24, 2.45) is 0 Å². The zero-order valence-corrected chi connectivity index (χ0v) is 18.9. The van der Waals surface area contributed by atoms with Crippen molar-refractivity contribution in [2.75, 3.05) is 29.9 Å². The lowest BCUT2D eigenvalue weighted by Crippen LogP contribution is -2.47. The number of amides is 3. The minimum atomic E-state index is -0.556. The molecule has 2 aliphatic heterocycles. The predicted octanol–water partition coefficient (Wildman–Crippen LogP) is 3.78. The van der Waals surface area contributed by atoms with Crippen LogP contribution in [0.2, 0.25) is 0 Å². The molecule has 170 valence electrons. The Kier molecular flexibility index (Phi) is 6.21. The minimum Gasteiger partial charge on any atom is -0.444 e. The number of benzene rings is 1. The third kappa shape index (κ3) is 5.49. The van der Waals surface area contributed by atoms with Crippen molar-refractivity contribution in [3.05, 3.63) is 53.7 Å². The molecule has 0 radical (unpaired) electrons. The number of anilines is 2. The standard InChI is InChI=1S/C24H31N5O3/c1-24(2,3)32-23(31)27-19-8-7-17-9-12-29(15-18(17)14-19)22(30)26-20-10-13-28(16-20)21-6-4-5-11-25-21/h4-8,11,14,20H,9-10,12-13,15-16H2,1-3H3,(H,26,30)(H,27,31). The van der Waals surface area contributed by atoms with Crippen LogP contribution in [-0.4, -0.2) is 53.3 Å². The first kappa shape index (κ1) is 21.9. The average molecular weight is 438 g/mol. The molecule has 3 heterocycles. The van der Waals surface area contributed by atoms with E-state index in [1.807, 2.05) is 62.1 Å². The molecule has 0 spiro atoms. The molecule has 1 unspecified atom stereocenters. The van der Waals surface area contributed by atoms with Gasteiger partial charge in [-0.05, 0) is 69.0 Å². The monoisotopic (exact) mass is 437 g/mol. The molecule has 0 bridgehead atoms. The highest BCUT2D eigenvalue weighted by molar-refractivity contribution is 5.85. The van der Waals surface area contributed by atoms with Crippen molar-refractivity contribution in [2.45, 2.75) is 51.8 Å². The highest BCUT2D eigenvalue weighted by atomic mass is 16.6. The Morgan fingerprint density at radius 1 is 1.12 bits per heavy atom. The largest absolute Gasteiger partial charge is 0.444 e. The Morgan fingerprint density at radius 2 is 1.97 bits per heavy atom. The zero-order valence-electron chi connectivity index (χ0n) is 18.9. The maximum Gasteiger partial charge on any atom is 0.412 e. The summed E-state index contributed by atoms with van der Waals surface area (Å²) in [6.07, 6.45) is 3.00. The highest BCUT2D eigenvalue weighted by Gasteiger charge is 2.28. The number of hydrogen-bond acceptors (Lipinski definition) is 5. The molecular weight excluding hydrogens is 406 g/mol. The van der Waals surface area contributed by atoms with Gasteiger partial charge in [0.2, 0.25) is 0 Å². The summed E-state index contributed by atoms with van der Waals surface area (Å²) in [5.41, 5.74) is 2.36. The number of pyridine rings is 1. The van der Waals surface area contributed by atoms with E-state index < -0.39 is 11.7 Å². The van der Waals surface area contributed by atoms with Crippen molar-refractivity contribution in [1.29, 1.82) is 0 Å².